The van der Waals surface area contributed by atoms with E-state index in [0.29, 0.717) is 18.8 Å². The van der Waals surface area contributed by atoms with Gasteiger partial charge in [0.2, 0.25) is 5.91 Å². The molecule has 2 rings (SSSR count). The van der Waals surface area contributed by atoms with Gasteiger partial charge in [0.1, 0.15) is 11.5 Å². The summed E-state index contributed by atoms with van der Waals surface area (Å²) in [6, 6.07) is 5.51. The van der Waals surface area contributed by atoms with Crippen molar-refractivity contribution < 1.29 is 9.59 Å². The zero-order valence-corrected chi connectivity index (χ0v) is 15.6. The van der Waals surface area contributed by atoms with Crippen molar-refractivity contribution in [2.24, 2.45) is 5.92 Å². The highest BCUT2D eigenvalue weighted by Gasteiger charge is 2.29. The minimum absolute atomic E-state index is 0.00743. The Bertz CT molecular complexity index is 587. The Balaban J connectivity index is 2.08. The molecule has 0 saturated carbocycles. The number of hydrogen-bond donors (Lipinski definition) is 1. The maximum Gasteiger partial charge on any atom is 0.269 e. The fraction of sp³-hybridized carbons (Fsp3) is 0.632. The van der Waals surface area contributed by atoms with Crippen molar-refractivity contribution in [3.63, 3.8) is 0 Å². The molecule has 25 heavy (non-hydrogen) atoms. The van der Waals surface area contributed by atoms with Crippen LogP contribution in [-0.4, -0.2) is 54.4 Å². The second kappa shape index (κ2) is 9.39. The number of pyridine rings is 1. The maximum absolute atomic E-state index is 12.6. The Morgan fingerprint density at radius 2 is 2.04 bits per heavy atom. The van der Waals surface area contributed by atoms with Crippen LogP contribution in [-0.2, 0) is 4.79 Å². The second-order valence-corrected chi connectivity index (χ2v) is 6.43. The minimum atomic E-state index is -0.142. The molecule has 2 amide bonds. The average Bonchev–Trinajstić information content (AvgIpc) is 2.67. The minimum Gasteiger partial charge on any atom is -0.356 e. The number of nitrogens with one attached hydrogen (secondary N) is 1. The zero-order chi connectivity index (χ0) is 18.2. The third-order valence-corrected chi connectivity index (χ3v) is 4.67. The summed E-state index contributed by atoms with van der Waals surface area (Å²) in [5, 5.41) is 2.86. The molecule has 6 nitrogen and oxygen atoms in total. The van der Waals surface area contributed by atoms with E-state index >= 15 is 0 Å². The lowest BCUT2D eigenvalue weighted by Gasteiger charge is -2.35. The second-order valence-electron chi connectivity index (χ2n) is 6.43. The van der Waals surface area contributed by atoms with Gasteiger partial charge < -0.3 is 15.1 Å². The van der Waals surface area contributed by atoms with E-state index < -0.39 is 0 Å². The Morgan fingerprint density at radius 3 is 2.72 bits per heavy atom. The number of aromatic nitrogens is 1. The highest BCUT2D eigenvalue weighted by atomic mass is 16.2. The summed E-state index contributed by atoms with van der Waals surface area (Å²) >= 11 is 0. The number of amides is 2. The van der Waals surface area contributed by atoms with Crippen molar-refractivity contribution in [3.8, 4) is 0 Å². The molecule has 1 atom stereocenters. The summed E-state index contributed by atoms with van der Waals surface area (Å²) < 4.78 is 0. The number of hydrogen-bond acceptors (Lipinski definition) is 4. The van der Waals surface area contributed by atoms with E-state index in [0.717, 1.165) is 44.7 Å². The Kier molecular flexibility index (Phi) is 7.22. The Labute approximate surface area is 150 Å². The van der Waals surface area contributed by atoms with Gasteiger partial charge in [-0.2, -0.15) is 0 Å². The molecule has 1 aliphatic rings. The number of rotatable bonds is 7. The van der Waals surface area contributed by atoms with E-state index in [4.69, 9.17) is 0 Å². The van der Waals surface area contributed by atoms with E-state index in [9.17, 15) is 9.59 Å². The van der Waals surface area contributed by atoms with Crippen LogP contribution in [0.2, 0.25) is 0 Å². The standard InChI is InChI=1S/C19H30N4O2/c1-4-12-20-18(24)16-10-7-11-17(21-16)23-13-8-9-15(14-23)19(25)22(5-2)6-3/h7,10-11,15H,4-6,8-9,12-14H2,1-3H3,(H,20,24). The van der Waals surface area contributed by atoms with E-state index in [2.05, 4.69) is 15.2 Å². The summed E-state index contributed by atoms with van der Waals surface area (Å²) in [7, 11) is 0. The molecule has 1 fully saturated rings. The first-order valence-electron chi connectivity index (χ1n) is 9.39. The SMILES string of the molecule is CCCNC(=O)c1cccc(N2CCCC(C(=O)N(CC)CC)C2)n1. The molecule has 1 saturated heterocycles. The van der Waals surface area contributed by atoms with Crippen LogP contribution in [0.15, 0.2) is 18.2 Å². The lowest BCUT2D eigenvalue weighted by atomic mass is 9.96. The van der Waals surface area contributed by atoms with Crippen molar-refractivity contribution in [1.82, 2.24) is 15.2 Å². The Morgan fingerprint density at radius 1 is 1.28 bits per heavy atom. The van der Waals surface area contributed by atoms with Gasteiger partial charge in [-0.3, -0.25) is 9.59 Å². The first kappa shape index (κ1) is 19.2. The van der Waals surface area contributed by atoms with Crippen LogP contribution in [0.4, 0.5) is 5.82 Å². The monoisotopic (exact) mass is 346 g/mol. The molecule has 0 spiro atoms. The predicted octanol–water partition coefficient (Wildman–Crippen LogP) is 2.31. The van der Waals surface area contributed by atoms with Gasteiger partial charge in [0.25, 0.3) is 5.91 Å². The number of piperidine rings is 1. The zero-order valence-electron chi connectivity index (χ0n) is 15.6. The molecule has 0 aliphatic carbocycles. The van der Waals surface area contributed by atoms with Crippen LogP contribution in [0.1, 0.15) is 50.5 Å². The molecule has 0 aromatic carbocycles. The molecule has 1 N–H and O–H groups in total. The molecule has 0 bridgehead atoms. The summed E-state index contributed by atoms with van der Waals surface area (Å²) in [5.41, 5.74) is 0.433. The van der Waals surface area contributed by atoms with Crippen LogP contribution >= 0.6 is 0 Å². The number of anilines is 1. The molecule has 2 heterocycles. The first-order chi connectivity index (χ1) is 12.1. The summed E-state index contributed by atoms with van der Waals surface area (Å²) in [6.07, 6.45) is 2.78. The highest BCUT2D eigenvalue weighted by Crippen LogP contribution is 2.23. The molecule has 1 unspecified atom stereocenters. The molecule has 6 heteroatoms. The largest absolute Gasteiger partial charge is 0.356 e. The van der Waals surface area contributed by atoms with Crippen LogP contribution in [0, 0.1) is 5.92 Å². The number of nitrogens with zero attached hydrogens (tertiary/aromatic N) is 3. The highest BCUT2D eigenvalue weighted by molar-refractivity contribution is 5.92. The van der Waals surface area contributed by atoms with E-state index in [1.165, 1.54) is 0 Å². The number of carbonyl (C=O) groups excluding carboxylic acids is 2. The van der Waals surface area contributed by atoms with Crippen LogP contribution in [0.25, 0.3) is 0 Å². The maximum atomic E-state index is 12.6. The van der Waals surface area contributed by atoms with E-state index in [1.807, 2.05) is 37.8 Å². The normalized spacial score (nSPS) is 17.2. The van der Waals surface area contributed by atoms with Crippen molar-refractivity contribution in [2.75, 3.05) is 37.6 Å². The topological polar surface area (TPSA) is 65.5 Å². The molecular weight excluding hydrogens is 316 g/mol. The Hall–Kier alpha value is -2.11. The van der Waals surface area contributed by atoms with Crippen LogP contribution in [0.5, 0.6) is 0 Å². The predicted molar refractivity (Wildman–Crippen MR) is 99.7 cm³/mol. The van der Waals surface area contributed by atoms with E-state index in [-0.39, 0.29) is 17.7 Å². The molecule has 0 radical (unpaired) electrons. The van der Waals surface area contributed by atoms with Crippen molar-refractivity contribution in [3.05, 3.63) is 23.9 Å². The van der Waals surface area contributed by atoms with Gasteiger partial charge in [0.05, 0.1) is 5.92 Å². The average molecular weight is 346 g/mol. The van der Waals surface area contributed by atoms with Gasteiger partial charge in [0, 0.05) is 32.7 Å². The van der Waals surface area contributed by atoms with Crippen LogP contribution < -0.4 is 10.2 Å². The fourth-order valence-corrected chi connectivity index (χ4v) is 3.24. The third-order valence-electron chi connectivity index (χ3n) is 4.67. The molecule has 1 aromatic heterocycles. The smallest absolute Gasteiger partial charge is 0.269 e. The van der Waals surface area contributed by atoms with Gasteiger partial charge in [-0.05, 0) is 45.2 Å². The molecule has 138 valence electrons. The van der Waals surface area contributed by atoms with Crippen LogP contribution in [0.3, 0.4) is 0 Å². The molecule has 1 aliphatic heterocycles. The lowest BCUT2D eigenvalue weighted by molar-refractivity contribution is -0.135. The van der Waals surface area contributed by atoms with Gasteiger partial charge in [0.15, 0.2) is 0 Å². The summed E-state index contributed by atoms with van der Waals surface area (Å²) in [5.74, 6) is 0.872. The summed E-state index contributed by atoms with van der Waals surface area (Å²) in [6.45, 7) is 9.73. The first-order valence-corrected chi connectivity index (χ1v) is 9.39. The number of carbonyl (C=O) groups is 2. The molecular formula is C19H30N4O2. The van der Waals surface area contributed by atoms with E-state index in [1.54, 1.807) is 6.07 Å². The third kappa shape index (κ3) is 4.94. The van der Waals surface area contributed by atoms with Gasteiger partial charge in [-0.25, -0.2) is 4.98 Å². The van der Waals surface area contributed by atoms with Crippen molar-refractivity contribution in [2.45, 2.75) is 40.0 Å². The molecule has 1 aromatic rings. The summed E-state index contributed by atoms with van der Waals surface area (Å²) in [4.78, 5) is 33.3. The quantitative estimate of drug-likeness (QED) is 0.823. The van der Waals surface area contributed by atoms with Gasteiger partial charge in [-0.15, -0.1) is 0 Å². The van der Waals surface area contributed by atoms with Crippen molar-refractivity contribution >= 4 is 17.6 Å². The van der Waals surface area contributed by atoms with Gasteiger partial charge in [-0.1, -0.05) is 13.0 Å². The van der Waals surface area contributed by atoms with Crippen molar-refractivity contribution in [1.29, 1.82) is 0 Å². The van der Waals surface area contributed by atoms with Gasteiger partial charge >= 0.3 is 0 Å². The lowest BCUT2D eigenvalue weighted by Crippen LogP contribution is -2.45. The fourth-order valence-electron chi connectivity index (χ4n) is 3.24.